The molecule has 0 aromatic carbocycles. The molecule has 1 rings (SSSR count). The number of halogens is 1. The summed E-state index contributed by atoms with van der Waals surface area (Å²) in [6.07, 6.45) is 0. The first-order valence-electron chi connectivity index (χ1n) is 4.32. The third kappa shape index (κ3) is 2.37. The van der Waals surface area contributed by atoms with Crippen molar-refractivity contribution in [1.82, 2.24) is 9.62 Å². The molecule has 1 N–H and O–H groups in total. The largest absolute Gasteiger partial charge is 0.353 e. The van der Waals surface area contributed by atoms with Crippen LogP contribution < -0.4 is 5.32 Å². The van der Waals surface area contributed by atoms with Gasteiger partial charge in [0, 0.05) is 19.0 Å². The quantitative estimate of drug-likeness (QED) is 0.669. The molecule has 0 spiro atoms. The summed E-state index contributed by atoms with van der Waals surface area (Å²) in [7, 11) is -3.37. The van der Waals surface area contributed by atoms with Crippen molar-refractivity contribution >= 4 is 27.5 Å². The van der Waals surface area contributed by atoms with Crippen LogP contribution in [0.15, 0.2) is 0 Å². The molecule has 1 fully saturated rings. The molecule has 0 aromatic heterocycles. The van der Waals surface area contributed by atoms with Gasteiger partial charge in [0.25, 0.3) is 0 Å². The van der Waals surface area contributed by atoms with Crippen molar-refractivity contribution in [2.45, 2.75) is 13.0 Å². The first-order chi connectivity index (χ1) is 6.49. The van der Waals surface area contributed by atoms with Gasteiger partial charge in [-0.05, 0) is 6.92 Å². The Bertz CT molecular complexity index is 317. The number of amides is 1. The van der Waals surface area contributed by atoms with E-state index in [1.165, 1.54) is 4.31 Å². The van der Waals surface area contributed by atoms with E-state index < -0.39 is 16.1 Å². The molecular formula is C7H13ClN2O3S. The summed E-state index contributed by atoms with van der Waals surface area (Å²) >= 11 is 5.38. The molecular weight excluding hydrogens is 228 g/mol. The maximum atomic E-state index is 11.6. The third-order valence-corrected chi connectivity index (χ3v) is 4.48. The van der Waals surface area contributed by atoms with Gasteiger partial charge in [-0.1, -0.05) is 0 Å². The second-order valence-electron chi connectivity index (χ2n) is 3.08. The molecule has 14 heavy (non-hydrogen) atoms. The van der Waals surface area contributed by atoms with Crippen molar-refractivity contribution in [2.75, 3.05) is 24.7 Å². The lowest BCUT2D eigenvalue weighted by Gasteiger charge is -2.31. The molecule has 1 atom stereocenters. The summed E-state index contributed by atoms with van der Waals surface area (Å²) in [6, 6.07) is -0.628. The maximum Gasteiger partial charge on any atom is 0.238 e. The lowest BCUT2D eigenvalue weighted by molar-refractivity contribution is -0.126. The number of sulfonamides is 1. The summed E-state index contributed by atoms with van der Waals surface area (Å²) in [5, 5.41) is 2.60. The molecule has 1 unspecified atom stereocenters. The molecule has 1 aliphatic heterocycles. The van der Waals surface area contributed by atoms with Gasteiger partial charge in [-0.2, -0.15) is 4.31 Å². The van der Waals surface area contributed by atoms with E-state index in [0.29, 0.717) is 13.1 Å². The number of hydrogen-bond donors (Lipinski definition) is 1. The van der Waals surface area contributed by atoms with Gasteiger partial charge in [-0.3, -0.25) is 4.79 Å². The van der Waals surface area contributed by atoms with E-state index in [0.717, 1.165) is 0 Å². The number of piperazine rings is 1. The first-order valence-corrected chi connectivity index (χ1v) is 6.46. The molecule has 0 aliphatic carbocycles. The van der Waals surface area contributed by atoms with Crippen molar-refractivity contribution in [3.8, 4) is 0 Å². The van der Waals surface area contributed by atoms with Gasteiger partial charge in [0.1, 0.15) is 6.04 Å². The monoisotopic (exact) mass is 240 g/mol. The van der Waals surface area contributed by atoms with E-state index in [1.54, 1.807) is 6.92 Å². The van der Waals surface area contributed by atoms with Gasteiger partial charge in [0.15, 0.2) is 0 Å². The number of rotatable bonds is 3. The van der Waals surface area contributed by atoms with Gasteiger partial charge in [0.2, 0.25) is 15.9 Å². The Morgan fingerprint density at radius 1 is 1.64 bits per heavy atom. The minimum atomic E-state index is -3.37. The lowest BCUT2D eigenvalue weighted by Crippen LogP contribution is -2.56. The number of alkyl halides is 1. The molecule has 1 aliphatic rings. The fourth-order valence-corrected chi connectivity index (χ4v) is 3.32. The third-order valence-electron chi connectivity index (χ3n) is 2.14. The van der Waals surface area contributed by atoms with Crippen LogP contribution in [0, 0.1) is 0 Å². The fourth-order valence-electron chi connectivity index (χ4n) is 1.36. The summed E-state index contributed by atoms with van der Waals surface area (Å²) in [4.78, 5) is 11.2. The van der Waals surface area contributed by atoms with Crippen LogP contribution in [-0.4, -0.2) is 49.4 Å². The van der Waals surface area contributed by atoms with Crippen LogP contribution in [0.5, 0.6) is 0 Å². The van der Waals surface area contributed by atoms with Crippen molar-refractivity contribution in [1.29, 1.82) is 0 Å². The standard InChI is InChI=1S/C7H13ClN2O3S/c1-6-7(11)9-3-4-10(6)14(12,13)5-2-8/h6H,2-5H2,1H3,(H,9,11). The molecule has 5 nitrogen and oxygen atoms in total. The molecule has 82 valence electrons. The SMILES string of the molecule is CC1C(=O)NCCN1S(=O)(=O)CCCl. The van der Waals surface area contributed by atoms with E-state index in [9.17, 15) is 13.2 Å². The second kappa shape index (κ2) is 4.46. The number of hydrogen-bond acceptors (Lipinski definition) is 3. The summed E-state index contributed by atoms with van der Waals surface area (Å²) in [5.41, 5.74) is 0. The predicted molar refractivity (Wildman–Crippen MR) is 53.7 cm³/mol. The number of carbonyl (C=O) groups excluding carboxylic acids is 1. The molecule has 0 radical (unpaired) electrons. The van der Waals surface area contributed by atoms with Crippen LogP contribution >= 0.6 is 11.6 Å². The molecule has 0 bridgehead atoms. The van der Waals surface area contributed by atoms with E-state index in [4.69, 9.17) is 11.6 Å². The minimum absolute atomic E-state index is 0.0488. The zero-order valence-electron chi connectivity index (χ0n) is 7.86. The average Bonchev–Trinajstić information content (AvgIpc) is 2.09. The van der Waals surface area contributed by atoms with E-state index in [-0.39, 0.29) is 17.5 Å². The van der Waals surface area contributed by atoms with Gasteiger partial charge in [-0.15, -0.1) is 11.6 Å². The molecule has 0 saturated carbocycles. The predicted octanol–water partition coefficient (Wildman–Crippen LogP) is -0.625. The highest BCUT2D eigenvalue weighted by Crippen LogP contribution is 2.10. The Hall–Kier alpha value is -0.330. The normalized spacial score (nSPS) is 24.7. The van der Waals surface area contributed by atoms with E-state index >= 15 is 0 Å². The van der Waals surface area contributed by atoms with Crippen molar-refractivity contribution in [2.24, 2.45) is 0 Å². The highest BCUT2D eigenvalue weighted by Gasteiger charge is 2.33. The second-order valence-corrected chi connectivity index (χ2v) is 5.50. The van der Waals surface area contributed by atoms with Crippen LogP contribution in [0.25, 0.3) is 0 Å². The lowest BCUT2D eigenvalue weighted by atomic mass is 10.2. The van der Waals surface area contributed by atoms with E-state index in [2.05, 4.69) is 5.32 Å². The molecule has 1 saturated heterocycles. The molecule has 0 aromatic rings. The minimum Gasteiger partial charge on any atom is -0.353 e. The Labute approximate surface area is 88.5 Å². The van der Waals surface area contributed by atoms with Crippen LogP contribution in [0.2, 0.25) is 0 Å². The van der Waals surface area contributed by atoms with E-state index in [1.807, 2.05) is 0 Å². The first kappa shape index (κ1) is 11.7. The van der Waals surface area contributed by atoms with Gasteiger partial charge in [-0.25, -0.2) is 8.42 Å². The van der Waals surface area contributed by atoms with Crippen LogP contribution in [-0.2, 0) is 14.8 Å². The van der Waals surface area contributed by atoms with Gasteiger partial charge >= 0.3 is 0 Å². The summed E-state index contributed by atoms with van der Waals surface area (Å²) < 4.78 is 24.4. The summed E-state index contributed by atoms with van der Waals surface area (Å²) in [6.45, 7) is 2.26. The Morgan fingerprint density at radius 2 is 2.29 bits per heavy atom. The number of nitrogens with one attached hydrogen (secondary N) is 1. The number of nitrogens with zero attached hydrogens (tertiary/aromatic N) is 1. The fraction of sp³-hybridized carbons (Fsp3) is 0.857. The Balaban J connectivity index is 2.81. The zero-order chi connectivity index (χ0) is 10.8. The van der Waals surface area contributed by atoms with Crippen LogP contribution in [0.4, 0.5) is 0 Å². The van der Waals surface area contributed by atoms with Crippen molar-refractivity contribution in [3.05, 3.63) is 0 Å². The maximum absolute atomic E-state index is 11.6. The van der Waals surface area contributed by atoms with Gasteiger partial charge in [0.05, 0.1) is 5.75 Å². The Morgan fingerprint density at radius 3 is 2.86 bits per heavy atom. The number of carbonyl (C=O) groups is 1. The Kier molecular flexibility index (Phi) is 3.74. The highest BCUT2D eigenvalue weighted by molar-refractivity contribution is 7.89. The van der Waals surface area contributed by atoms with Crippen LogP contribution in [0.1, 0.15) is 6.92 Å². The topological polar surface area (TPSA) is 66.5 Å². The molecule has 1 amide bonds. The average molecular weight is 241 g/mol. The smallest absolute Gasteiger partial charge is 0.238 e. The van der Waals surface area contributed by atoms with Crippen molar-refractivity contribution < 1.29 is 13.2 Å². The van der Waals surface area contributed by atoms with Gasteiger partial charge < -0.3 is 5.32 Å². The summed E-state index contributed by atoms with van der Waals surface area (Å²) in [5.74, 6) is -0.325. The molecule has 1 heterocycles. The van der Waals surface area contributed by atoms with Crippen LogP contribution in [0.3, 0.4) is 0 Å². The zero-order valence-corrected chi connectivity index (χ0v) is 9.44. The molecule has 7 heteroatoms. The highest BCUT2D eigenvalue weighted by atomic mass is 35.5. The van der Waals surface area contributed by atoms with Crippen molar-refractivity contribution in [3.63, 3.8) is 0 Å².